The quantitative estimate of drug-likeness (QED) is 0.912. The Balaban J connectivity index is 2.04. The second-order valence-electron chi connectivity index (χ2n) is 4.45. The van der Waals surface area contributed by atoms with Crippen molar-refractivity contribution in [1.29, 1.82) is 0 Å². The lowest BCUT2D eigenvalue weighted by molar-refractivity contribution is 0.389. The lowest BCUT2D eigenvalue weighted by Crippen LogP contribution is -2.19. The Kier molecular flexibility index (Phi) is 4.63. The Hall–Kier alpha value is -2.01. The summed E-state index contributed by atoms with van der Waals surface area (Å²) in [6.07, 6.45) is 1.65. The number of benzene rings is 1. The zero-order valence-corrected chi connectivity index (χ0v) is 11.4. The minimum absolute atomic E-state index is 0.116. The van der Waals surface area contributed by atoms with Crippen molar-refractivity contribution < 1.29 is 13.5 Å². The van der Waals surface area contributed by atoms with Crippen molar-refractivity contribution in [3.63, 3.8) is 0 Å². The fraction of sp³-hybridized carbons (Fsp3) is 0.267. The molecule has 0 radical (unpaired) electrons. The smallest absolute Gasteiger partial charge is 0.217 e. The van der Waals surface area contributed by atoms with Gasteiger partial charge in [-0.2, -0.15) is 0 Å². The second-order valence-corrected chi connectivity index (χ2v) is 4.45. The molecular formula is C15H16F2N2O. The third-order valence-corrected chi connectivity index (χ3v) is 3.09. The Morgan fingerprint density at radius 3 is 2.75 bits per heavy atom. The van der Waals surface area contributed by atoms with Crippen LogP contribution in [-0.4, -0.2) is 12.1 Å². The number of rotatable bonds is 5. The number of pyridine rings is 1. The Bertz CT molecular complexity index is 590. The molecule has 1 aromatic heterocycles. The highest BCUT2D eigenvalue weighted by atomic mass is 19.2. The molecular weight excluding hydrogens is 262 g/mol. The van der Waals surface area contributed by atoms with Gasteiger partial charge in [-0.15, -0.1) is 0 Å². The molecule has 0 aliphatic rings. The molecule has 1 heterocycles. The molecule has 0 spiro atoms. The van der Waals surface area contributed by atoms with Crippen LogP contribution in [0.4, 0.5) is 8.78 Å². The predicted octanol–water partition coefficient (Wildman–Crippen LogP) is 3.22. The molecule has 1 aromatic carbocycles. The summed E-state index contributed by atoms with van der Waals surface area (Å²) < 4.78 is 31.2. The molecule has 0 amide bonds. The van der Waals surface area contributed by atoms with Gasteiger partial charge in [0.05, 0.1) is 7.11 Å². The molecule has 0 saturated carbocycles. The van der Waals surface area contributed by atoms with Gasteiger partial charge < -0.3 is 10.1 Å². The molecule has 0 bridgehead atoms. The van der Waals surface area contributed by atoms with Crippen LogP contribution in [0.2, 0.25) is 0 Å². The third-order valence-electron chi connectivity index (χ3n) is 3.09. The SMILES string of the molecule is COc1ncccc1CNC(C)c1ccc(F)c(F)c1. The van der Waals surface area contributed by atoms with Crippen molar-refractivity contribution >= 4 is 0 Å². The lowest BCUT2D eigenvalue weighted by atomic mass is 10.1. The number of methoxy groups -OCH3 is 1. The highest BCUT2D eigenvalue weighted by Crippen LogP contribution is 2.18. The van der Waals surface area contributed by atoms with Crippen LogP contribution in [0, 0.1) is 11.6 Å². The molecule has 2 rings (SSSR count). The maximum atomic E-state index is 13.2. The zero-order valence-electron chi connectivity index (χ0n) is 11.4. The average molecular weight is 278 g/mol. The first-order valence-corrected chi connectivity index (χ1v) is 6.28. The summed E-state index contributed by atoms with van der Waals surface area (Å²) in [4.78, 5) is 4.10. The van der Waals surface area contributed by atoms with Crippen LogP contribution in [0.5, 0.6) is 5.88 Å². The summed E-state index contributed by atoms with van der Waals surface area (Å²) in [6.45, 7) is 2.41. The average Bonchev–Trinajstić information content (AvgIpc) is 2.47. The molecule has 0 saturated heterocycles. The van der Waals surface area contributed by atoms with Gasteiger partial charge in [-0.1, -0.05) is 12.1 Å². The van der Waals surface area contributed by atoms with E-state index in [1.807, 2.05) is 19.1 Å². The van der Waals surface area contributed by atoms with E-state index >= 15 is 0 Å². The van der Waals surface area contributed by atoms with Gasteiger partial charge in [-0.05, 0) is 30.7 Å². The van der Waals surface area contributed by atoms with Gasteiger partial charge in [0.1, 0.15) is 0 Å². The zero-order chi connectivity index (χ0) is 14.5. The summed E-state index contributed by atoms with van der Waals surface area (Å²) in [5.41, 5.74) is 1.59. The standard InChI is InChI=1S/C15H16F2N2O/c1-10(11-5-6-13(16)14(17)8-11)19-9-12-4-3-7-18-15(12)20-2/h3-8,10,19H,9H2,1-2H3. The van der Waals surface area contributed by atoms with E-state index in [0.717, 1.165) is 11.6 Å². The number of hydrogen-bond donors (Lipinski definition) is 1. The van der Waals surface area contributed by atoms with Gasteiger partial charge >= 0.3 is 0 Å². The monoisotopic (exact) mass is 278 g/mol. The van der Waals surface area contributed by atoms with E-state index in [9.17, 15) is 8.78 Å². The molecule has 5 heteroatoms. The van der Waals surface area contributed by atoms with E-state index in [4.69, 9.17) is 4.74 Å². The fourth-order valence-corrected chi connectivity index (χ4v) is 1.91. The highest BCUT2D eigenvalue weighted by Gasteiger charge is 2.10. The lowest BCUT2D eigenvalue weighted by Gasteiger charge is -2.15. The number of hydrogen-bond acceptors (Lipinski definition) is 3. The fourth-order valence-electron chi connectivity index (χ4n) is 1.91. The molecule has 0 aliphatic carbocycles. The summed E-state index contributed by atoms with van der Waals surface area (Å²) in [7, 11) is 1.56. The Labute approximate surface area is 116 Å². The van der Waals surface area contributed by atoms with E-state index in [0.29, 0.717) is 18.0 Å². The van der Waals surface area contributed by atoms with Crippen LogP contribution in [0.25, 0.3) is 0 Å². The van der Waals surface area contributed by atoms with E-state index in [1.54, 1.807) is 19.4 Å². The van der Waals surface area contributed by atoms with Crippen LogP contribution in [0.3, 0.4) is 0 Å². The minimum atomic E-state index is -0.838. The van der Waals surface area contributed by atoms with E-state index in [1.165, 1.54) is 6.07 Å². The maximum Gasteiger partial charge on any atom is 0.217 e. The van der Waals surface area contributed by atoms with E-state index < -0.39 is 11.6 Å². The van der Waals surface area contributed by atoms with Gasteiger partial charge in [0.25, 0.3) is 0 Å². The summed E-state index contributed by atoms with van der Waals surface area (Å²) in [5.74, 6) is -1.12. The topological polar surface area (TPSA) is 34.1 Å². The maximum absolute atomic E-state index is 13.2. The van der Waals surface area contributed by atoms with Gasteiger partial charge in [0.2, 0.25) is 5.88 Å². The number of nitrogens with one attached hydrogen (secondary N) is 1. The third kappa shape index (κ3) is 3.30. The molecule has 3 nitrogen and oxygen atoms in total. The van der Waals surface area contributed by atoms with Crippen molar-refractivity contribution in [2.75, 3.05) is 7.11 Å². The minimum Gasteiger partial charge on any atom is -0.481 e. The van der Waals surface area contributed by atoms with Crippen LogP contribution < -0.4 is 10.1 Å². The molecule has 0 aliphatic heterocycles. The van der Waals surface area contributed by atoms with Crippen LogP contribution >= 0.6 is 0 Å². The number of nitrogens with zero attached hydrogens (tertiary/aromatic N) is 1. The molecule has 1 atom stereocenters. The van der Waals surface area contributed by atoms with Crippen LogP contribution in [0.15, 0.2) is 36.5 Å². The Morgan fingerprint density at radius 2 is 2.05 bits per heavy atom. The summed E-state index contributed by atoms with van der Waals surface area (Å²) in [6, 6.07) is 7.51. The van der Waals surface area contributed by atoms with Gasteiger partial charge in [-0.25, -0.2) is 13.8 Å². The van der Waals surface area contributed by atoms with E-state index in [2.05, 4.69) is 10.3 Å². The first-order chi connectivity index (χ1) is 9.61. The molecule has 0 fully saturated rings. The normalized spacial score (nSPS) is 12.2. The molecule has 1 unspecified atom stereocenters. The van der Waals surface area contributed by atoms with Crippen molar-refractivity contribution in [3.8, 4) is 5.88 Å². The molecule has 1 N–H and O–H groups in total. The second kappa shape index (κ2) is 6.43. The molecule has 106 valence electrons. The largest absolute Gasteiger partial charge is 0.481 e. The molecule has 20 heavy (non-hydrogen) atoms. The number of ether oxygens (including phenoxy) is 1. The van der Waals surface area contributed by atoms with E-state index in [-0.39, 0.29) is 6.04 Å². The number of halogens is 2. The van der Waals surface area contributed by atoms with Crippen molar-refractivity contribution in [3.05, 3.63) is 59.3 Å². The first kappa shape index (κ1) is 14.4. The number of aromatic nitrogens is 1. The van der Waals surface area contributed by atoms with Crippen molar-refractivity contribution in [1.82, 2.24) is 10.3 Å². The highest BCUT2D eigenvalue weighted by molar-refractivity contribution is 5.26. The summed E-state index contributed by atoms with van der Waals surface area (Å²) >= 11 is 0. The first-order valence-electron chi connectivity index (χ1n) is 6.28. The Morgan fingerprint density at radius 1 is 1.25 bits per heavy atom. The van der Waals surface area contributed by atoms with Gasteiger partial charge in [0, 0.05) is 24.3 Å². The molecule has 2 aromatic rings. The van der Waals surface area contributed by atoms with Crippen LogP contribution in [-0.2, 0) is 6.54 Å². The van der Waals surface area contributed by atoms with Crippen LogP contribution in [0.1, 0.15) is 24.1 Å². The predicted molar refractivity (Wildman–Crippen MR) is 72.4 cm³/mol. The van der Waals surface area contributed by atoms with Gasteiger partial charge in [-0.3, -0.25) is 0 Å². The summed E-state index contributed by atoms with van der Waals surface area (Å²) in [5, 5.41) is 3.23. The van der Waals surface area contributed by atoms with Crippen molar-refractivity contribution in [2.45, 2.75) is 19.5 Å². The van der Waals surface area contributed by atoms with Crippen molar-refractivity contribution in [2.24, 2.45) is 0 Å². The van der Waals surface area contributed by atoms with Gasteiger partial charge in [0.15, 0.2) is 11.6 Å².